The van der Waals surface area contributed by atoms with E-state index in [1.807, 2.05) is 30.3 Å². The van der Waals surface area contributed by atoms with Gasteiger partial charge in [0.25, 0.3) is 0 Å². The number of nitrogens with one attached hydrogen (secondary N) is 1. The Morgan fingerprint density at radius 1 is 1.27 bits per heavy atom. The van der Waals surface area contributed by atoms with Crippen LogP contribution in [0.5, 0.6) is 0 Å². The van der Waals surface area contributed by atoms with Crippen LogP contribution in [0.3, 0.4) is 0 Å². The van der Waals surface area contributed by atoms with E-state index in [9.17, 15) is 18.5 Å². The second-order valence-electron chi connectivity index (χ2n) is 8.84. The van der Waals surface area contributed by atoms with Gasteiger partial charge in [0.05, 0.1) is 35.0 Å². The van der Waals surface area contributed by atoms with Crippen molar-refractivity contribution in [3.8, 4) is 6.07 Å². The Bertz CT molecular complexity index is 1380. The maximum atomic E-state index is 13.4. The van der Waals surface area contributed by atoms with Crippen molar-refractivity contribution in [2.24, 2.45) is 5.41 Å². The van der Waals surface area contributed by atoms with Gasteiger partial charge in [0, 0.05) is 35.1 Å². The number of rotatable bonds is 5. The van der Waals surface area contributed by atoms with Crippen molar-refractivity contribution in [2.45, 2.75) is 26.3 Å². The number of hydrogen-bond acceptors (Lipinski definition) is 5. The fraction of sp³-hybridized carbons (Fsp3) is 0.292. The Morgan fingerprint density at radius 3 is 2.79 bits per heavy atom. The molecule has 3 aromatic rings. The van der Waals surface area contributed by atoms with Crippen molar-refractivity contribution in [1.82, 2.24) is 9.29 Å². The highest BCUT2D eigenvalue weighted by atomic mass is 35.5. The van der Waals surface area contributed by atoms with Crippen LogP contribution in [0, 0.1) is 16.7 Å². The predicted molar refractivity (Wildman–Crippen MR) is 128 cm³/mol. The normalized spacial score (nSPS) is 16.7. The number of carbonyl (C=O) groups is 1. The zero-order valence-corrected chi connectivity index (χ0v) is 19.8. The van der Waals surface area contributed by atoms with Crippen LogP contribution >= 0.6 is 11.6 Å². The molecule has 0 radical (unpaired) electrons. The lowest BCUT2D eigenvalue weighted by atomic mass is 9.90. The quantitative estimate of drug-likeness (QED) is 0.583. The highest BCUT2D eigenvalue weighted by Crippen LogP contribution is 2.34. The summed E-state index contributed by atoms with van der Waals surface area (Å²) in [6.07, 6.45) is 3.29. The van der Waals surface area contributed by atoms with E-state index in [2.05, 4.69) is 10.3 Å². The third-order valence-electron chi connectivity index (χ3n) is 5.70. The lowest BCUT2D eigenvalue weighted by Gasteiger charge is -2.34. The Labute approximate surface area is 198 Å². The minimum absolute atomic E-state index is 0.0405. The summed E-state index contributed by atoms with van der Waals surface area (Å²) in [6, 6.07) is 14.7. The van der Waals surface area contributed by atoms with Gasteiger partial charge in [-0.2, -0.15) is 9.57 Å². The lowest BCUT2D eigenvalue weighted by molar-refractivity contribution is -0.118. The number of benzene rings is 2. The maximum Gasteiger partial charge on any atom is 0.233 e. The molecule has 0 aliphatic carbocycles. The average molecular weight is 483 g/mol. The minimum atomic E-state index is -3.79. The zero-order chi connectivity index (χ0) is 23.8. The topological polar surface area (TPSA) is 103 Å². The Kier molecular flexibility index (Phi) is 6.14. The van der Waals surface area contributed by atoms with E-state index < -0.39 is 21.4 Å². The summed E-state index contributed by atoms with van der Waals surface area (Å²) < 4.78 is 27.6. The monoisotopic (exact) mass is 482 g/mol. The average Bonchev–Trinajstić information content (AvgIpc) is 2.78. The number of nitriles is 1. The Hall–Kier alpha value is -2.99. The lowest BCUT2D eigenvalue weighted by Crippen LogP contribution is -2.44. The summed E-state index contributed by atoms with van der Waals surface area (Å²) in [7, 11) is -3.79. The van der Waals surface area contributed by atoms with Crippen molar-refractivity contribution < 1.29 is 13.2 Å². The number of pyridine rings is 1. The second-order valence-corrected chi connectivity index (χ2v) is 11.2. The minimum Gasteiger partial charge on any atom is -0.324 e. The largest absolute Gasteiger partial charge is 0.324 e. The van der Waals surface area contributed by atoms with Gasteiger partial charge in [-0.25, -0.2) is 8.42 Å². The third-order valence-corrected chi connectivity index (χ3v) is 8.08. The molecule has 0 saturated heterocycles. The number of hydrogen-bond donors (Lipinski definition) is 1. The number of amides is 1. The van der Waals surface area contributed by atoms with Gasteiger partial charge in [0.2, 0.25) is 15.9 Å². The van der Waals surface area contributed by atoms with Crippen LogP contribution in [-0.2, 0) is 21.4 Å². The van der Waals surface area contributed by atoms with Gasteiger partial charge >= 0.3 is 0 Å². The fourth-order valence-electron chi connectivity index (χ4n) is 4.04. The second kappa shape index (κ2) is 8.75. The maximum absolute atomic E-state index is 13.4. The van der Waals surface area contributed by atoms with Gasteiger partial charge in [-0.05, 0) is 37.1 Å². The first kappa shape index (κ1) is 23.2. The molecule has 0 unspecified atom stereocenters. The molecular formula is C24H23ClN4O3S. The van der Waals surface area contributed by atoms with E-state index in [1.54, 1.807) is 44.4 Å². The van der Waals surface area contributed by atoms with Crippen LogP contribution in [0.2, 0.25) is 5.02 Å². The number of anilines is 1. The number of fused-ring (bicyclic) bond motifs is 2. The van der Waals surface area contributed by atoms with Gasteiger partial charge in [-0.15, -0.1) is 0 Å². The van der Waals surface area contributed by atoms with Crippen LogP contribution in [0.1, 0.15) is 30.9 Å². The highest BCUT2D eigenvalue weighted by Gasteiger charge is 2.38. The zero-order valence-electron chi connectivity index (χ0n) is 18.2. The molecule has 1 atom stereocenters. The van der Waals surface area contributed by atoms with Crippen LogP contribution in [0.25, 0.3) is 10.8 Å². The van der Waals surface area contributed by atoms with Crippen molar-refractivity contribution in [1.29, 1.82) is 5.26 Å². The molecule has 0 fully saturated rings. The molecule has 1 aliphatic rings. The number of halogens is 1. The van der Waals surface area contributed by atoms with Gasteiger partial charge in [0.1, 0.15) is 0 Å². The molecule has 170 valence electrons. The molecule has 33 heavy (non-hydrogen) atoms. The van der Waals surface area contributed by atoms with E-state index in [4.69, 9.17) is 11.6 Å². The molecule has 1 aliphatic heterocycles. The van der Waals surface area contributed by atoms with Gasteiger partial charge in [0.15, 0.2) is 0 Å². The Morgan fingerprint density at radius 2 is 2.03 bits per heavy atom. The van der Waals surface area contributed by atoms with Gasteiger partial charge in [-0.1, -0.05) is 41.9 Å². The van der Waals surface area contributed by atoms with Crippen molar-refractivity contribution in [3.05, 3.63) is 71.0 Å². The first-order chi connectivity index (χ1) is 15.6. The van der Waals surface area contributed by atoms with E-state index in [-0.39, 0.29) is 24.7 Å². The summed E-state index contributed by atoms with van der Waals surface area (Å²) in [5.41, 5.74) is 0.900. The first-order valence-electron chi connectivity index (χ1n) is 10.4. The first-order valence-corrected chi connectivity index (χ1v) is 12.4. The third kappa shape index (κ3) is 4.86. The number of sulfonamides is 1. The van der Waals surface area contributed by atoms with Crippen molar-refractivity contribution in [2.75, 3.05) is 17.6 Å². The summed E-state index contributed by atoms with van der Waals surface area (Å²) in [5.74, 6) is -1.46. The molecule has 0 bridgehead atoms. The Balaban J connectivity index is 1.69. The van der Waals surface area contributed by atoms with Crippen LogP contribution in [0.15, 0.2) is 54.9 Å². The van der Waals surface area contributed by atoms with Gasteiger partial charge < -0.3 is 5.32 Å². The van der Waals surface area contributed by atoms with E-state index in [1.165, 1.54) is 4.31 Å². The van der Waals surface area contributed by atoms with Crippen LogP contribution < -0.4 is 5.32 Å². The fourth-order valence-corrected chi connectivity index (χ4v) is 6.09. The number of aromatic nitrogens is 1. The SMILES string of the molecule is CC(C)(C#N)CS(=O)(=O)N1Cc2ccc(Cl)cc2[C@@H](C(=O)Nc2cncc3ccccc23)C1. The van der Waals surface area contributed by atoms with Crippen molar-refractivity contribution in [3.63, 3.8) is 0 Å². The van der Waals surface area contributed by atoms with Crippen LogP contribution in [0.4, 0.5) is 5.69 Å². The smallest absolute Gasteiger partial charge is 0.233 e. The van der Waals surface area contributed by atoms with Crippen LogP contribution in [-0.4, -0.2) is 35.9 Å². The molecule has 0 spiro atoms. The molecule has 1 aromatic heterocycles. The standard InChI is InChI=1S/C24H23ClN4O3S/c1-24(2,14-26)15-33(31,32)29-12-17-7-8-18(25)9-20(17)21(13-29)23(30)28-22-11-27-10-16-5-3-4-6-19(16)22/h3-11,21H,12-13,15H2,1-2H3,(H,28,30)/t21-/m0/s1. The van der Waals surface area contributed by atoms with E-state index >= 15 is 0 Å². The summed E-state index contributed by atoms with van der Waals surface area (Å²) in [4.78, 5) is 17.6. The van der Waals surface area contributed by atoms with Crippen molar-refractivity contribution >= 4 is 44.0 Å². The molecule has 1 N–H and O–H groups in total. The van der Waals surface area contributed by atoms with E-state index in [0.717, 1.165) is 10.8 Å². The highest BCUT2D eigenvalue weighted by molar-refractivity contribution is 7.89. The molecule has 2 aromatic carbocycles. The molecule has 1 amide bonds. The molecule has 7 nitrogen and oxygen atoms in total. The summed E-state index contributed by atoms with van der Waals surface area (Å²) >= 11 is 6.21. The van der Waals surface area contributed by atoms with Gasteiger partial charge in [-0.3, -0.25) is 9.78 Å². The summed E-state index contributed by atoms with van der Waals surface area (Å²) in [5, 5.41) is 14.4. The predicted octanol–water partition coefficient (Wildman–Crippen LogP) is 4.31. The number of carbonyl (C=O) groups excluding carboxylic acids is 1. The molecular weight excluding hydrogens is 460 g/mol. The van der Waals surface area contributed by atoms with E-state index in [0.29, 0.717) is 21.8 Å². The molecule has 0 saturated carbocycles. The summed E-state index contributed by atoms with van der Waals surface area (Å²) in [6.45, 7) is 3.25. The number of nitrogens with zero attached hydrogens (tertiary/aromatic N) is 3. The molecule has 9 heteroatoms. The molecule has 4 rings (SSSR count). The molecule has 2 heterocycles.